The standard InChI is InChI=1S/C22H31BrN2O5/c1-2-29-21(27)20(25-17-26)14-19(15-23)12-6-3-4-9-13-24-22(28)30-16-18-10-7-5-8-11-18/h5,7-8,10-11,14,17,20H,2-4,6,9,12-13,15-16H2,1H3,(H,24,28)(H,25,26)/b19-14-. The molecule has 1 atom stereocenters. The average molecular weight is 483 g/mol. The molecule has 1 unspecified atom stereocenters. The average Bonchev–Trinajstić information content (AvgIpc) is 2.76. The first kappa shape index (κ1) is 25.7. The molecule has 1 aromatic rings. The molecule has 0 aromatic heterocycles. The Kier molecular flexibility index (Phi) is 14.1. The van der Waals surface area contributed by atoms with Crippen LogP contribution in [-0.2, 0) is 25.7 Å². The number of alkyl carbamates (subject to hydrolysis) is 1. The molecule has 2 N–H and O–H groups in total. The molecule has 1 aromatic carbocycles. The van der Waals surface area contributed by atoms with Crippen molar-refractivity contribution < 1.29 is 23.9 Å². The highest BCUT2D eigenvalue weighted by atomic mass is 79.9. The number of amides is 2. The molecule has 7 nitrogen and oxygen atoms in total. The molecular weight excluding hydrogens is 452 g/mol. The number of benzene rings is 1. The van der Waals surface area contributed by atoms with Gasteiger partial charge in [-0.1, -0.05) is 70.8 Å². The summed E-state index contributed by atoms with van der Waals surface area (Å²) in [4.78, 5) is 34.3. The van der Waals surface area contributed by atoms with E-state index in [4.69, 9.17) is 9.47 Å². The maximum atomic E-state index is 11.9. The number of rotatable bonds is 15. The normalized spacial score (nSPS) is 12.0. The van der Waals surface area contributed by atoms with E-state index in [2.05, 4.69) is 26.6 Å². The zero-order chi connectivity index (χ0) is 22.0. The molecule has 0 aliphatic carbocycles. The van der Waals surface area contributed by atoms with Crippen LogP contribution in [0.5, 0.6) is 0 Å². The summed E-state index contributed by atoms with van der Waals surface area (Å²) >= 11 is 3.43. The number of unbranched alkanes of at least 4 members (excludes halogenated alkanes) is 3. The molecular formula is C22H31BrN2O5. The van der Waals surface area contributed by atoms with Crippen LogP contribution in [0.4, 0.5) is 4.79 Å². The van der Waals surface area contributed by atoms with E-state index >= 15 is 0 Å². The minimum absolute atomic E-state index is 0.264. The van der Waals surface area contributed by atoms with Crippen LogP contribution in [-0.4, -0.2) is 43.0 Å². The molecule has 0 spiro atoms. The molecule has 2 amide bonds. The van der Waals surface area contributed by atoms with Crippen LogP contribution in [0.25, 0.3) is 0 Å². The van der Waals surface area contributed by atoms with E-state index in [1.54, 1.807) is 13.0 Å². The Balaban J connectivity index is 2.19. The van der Waals surface area contributed by atoms with Crippen molar-refractivity contribution in [1.29, 1.82) is 0 Å². The molecule has 0 saturated carbocycles. The Hall–Kier alpha value is -2.35. The maximum Gasteiger partial charge on any atom is 0.407 e. The van der Waals surface area contributed by atoms with Crippen molar-refractivity contribution in [3.05, 3.63) is 47.5 Å². The molecule has 0 aliphatic heterocycles. The van der Waals surface area contributed by atoms with Crippen molar-refractivity contribution in [2.45, 2.75) is 51.7 Å². The van der Waals surface area contributed by atoms with E-state index < -0.39 is 18.1 Å². The number of esters is 1. The Morgan fingerprint density at radius 3 is 2.50 bits per heavy atom. The number of hydrogen-bond acceptors (Lipinski definition) is 5. The van der Waals surface area contributed by atoms with Gasteiger partial charge < -0.3 is 20.1 Å². The van der Waals surface area contributed by atoms with Gasteiger partial charge in [-0.15, -0.1) is 0 Å². The number of alkyl halides is 1. The van der Waals surface area contributed by atoms with Crippen LogP contribution in [0.2, 0.25) is 0 Å². The number of hydrogen-bond donors (Lipinski definition) is 2. The summed E-state index contributed by atoms with van der Waals surface area (Å²) in [7, 11) is 0. The first-order valence-corrected chi connectivity index (χ1v) is 11.3. The first-order valence-electron chi connectivity index (χ1n) is 10.2. The number of carbonyl (C=O) groups excluding carboxylic acids is 3. The smallest absolute Gasteiger partial charge is 0.407 e. The van der Waals surface area contributed by atoms with Gasteiger partial charge in [-0.05, 0) is 31.7 Å². The van der Waals surface area contributed by atoms with Crippen LogP contribution in [0.3, 0.4) is 0 Å². The zero-order valence-corrected chi connectivity index (χ0v) is 19.0. The summed E-state index contributed by atoms with van der Waals surface area (Å²) in [5.41, 5.74) is 1.99. The third-order valence-electron chi connectivity index (χ3n) is 4.27. The molecule has 0 heterocycles. The van der Waals surface area contributed by atoms with Crippen LogP contribution < -0.4 is 10.6 Å². The lowest BCUT2D eigenvalue weighted by atomic mass is 10.1. The van der Waals surface area contributed by atoms with Gasteiger partial charge in [0.15, 0.2) is 0 Å². The summed E-state index contributed by atoms with van der Waals surface area (Å²) in [6.45, 7) is 2.83. The van der Waals surface area contributed by atoms with Gasteiger partial charge in [-0.25, -0.2) is 9.59 Å². The summed E-state index contributed by atoms with van der Waals surface area (Å²) in [6, 6.07) is 8.78. The van der Waals surface area contributed by atoms with Gasteiger partial charge in [0, 0.05) is 11.9 Å². The summed E-state index contributed by atoms with van der Waals surface area (Å²) < 4.78 is 10.1. The lowest BCUT2D eigenvalue weighted by molar-refractivity contribution is -0.145. The van der Waals surface area contributed by atoms with Crippen molar-refractivity contribution in [3.63, 3.8) is 0 Å². The molecule has 166 valence electrons. The van der Waals surface area contributed by atoms with Crippen molar-refractivity contribution in [1.82, 2.24) is 10.6 Å². The number of halogens is 1. The highest BCUT2D eigenvalue weighted by molar-refractivity contribution is 9.09. The quantitative estimate of drug-likeness (QED) is 0.130. The van der Waals surface area contributed by atoms with Gasteiger partial charge in [0.1, 0.15) is 12.6 Å². The second-order valence-electron chi connectivity index (χ2n) is 6.63. The Bertz CT molecular complexity index is 667. The van der Waals surface area contributed by atoms with Gasteiger partial charge in [-0.2, -0.15) is 0 Å². The molecule has 0 fully saturated rings. The third kappa shape index (κ3) is 11.6. The molecule has 0 saturated heterocycles. The highest BCUT2D eigenvalue weighted by Crippen LogP contribution is 2.14. The molecule has 0 bridgehead atoms. The van der Waals surface area contributed by atoms with Gasteiger partial charge in [0.2, 0.25) is 6.41 Å². The molecule has 0 radical (unpaired) electrons. The number of allylic oxidation sites excluding steroid dienone is 1. The highest BCUT2D eigenvalue weighted by Gasteiger charge is 2.16. The van der Waals surface area contributed by atoms with E-state index in [-0.39, 0.29) is 13.2 Å². The van der Waals surface area contributed by atoms with E-state index in [9.17, 15) is 14.4 Å². The Labute approximate surface area is 186 Å². The maximum absolute atomic E-state index is 11.9. The SMILES string of the molecule is CCOC(=O)C(/C=C(\CBr)CCCCCCNC(=O)OCc1ccccc1)NC=O. The van der Waals surface area contributed by atoms with Gasteiger partial charge >= 0.3 is 12.1 Å². The monoisotopic (exact) mass is 482 g/mol. The van der Waals surface area contributed by atoms with Crippen LogP contribution >= 0.6 is 15.9 Å². The summed E-state index contributed by atoms with van der Waals surface area (Å²) in [6.07, 6.45) is 6.44. The minimum Gasteiger partial charge on any atom is -0.464 e. The topological polar surface area (TPSA) is 93.7 Å². The van der Waals surface area contributed by atoms with Gasteiger partial charge in [0.25, 0.3) is 0 Å². The number of carbonyl (C=O) groups is 3. The van der Waals surface area contributed by atoms with Crippen molar-refractivity contribution in [2.75, 3.05) is 18.5 Å². The van der Waals surface area contributed by atoms with Gasteiger partial charge in [0.05, 0.1) is 6.61 Å². The van der Waals surface area contributed by atoms with E-state index in [1.165, 1.54) is 0 Å². The van der Waals surface area contributed by atoms with Crippen LogP contribution in [0.15, 0.2) is 42.0 Å². The number of ether oxygens (including phenoxy) is 2. The Morgan fingerprint density at radius 2 is 1.83 bits per heavy atom. The fourth-order valence-corrected chi connectivity index (χ4v) is 3.18. The second-order valence-corrected chi connectivity index (χ2v) is 7.19. The van der Waals surface area contributed by atoms with Crippen molar-refractivity contribution >= 4 is 34.4 Å². The third-order valence-corrected chi connectivity index (χ3v) is 4.99. The Morgan fingerprint density at radius 1 is 1.10 bits per heavy atom. The minimum atomic E-state index is -0.763. The molecule has 30 heavy (non-hydrogen) atoms. The fourth-order valence-electron chi connectivity index (χ4n) is 2.72. The zero-order valence-electron chi connectivity index (χ0n) is 17.4. The predicted molar refractivity (Wildman–Crippen MR) is 119 cm³/mol. The van der Waals surface area contributed by atoms with Crippen LogP contribution in [0, 0.1) is 0 Å². The van der Waals surface area contributed by atoms with Crippen molar-refractivity contribution in [2.24, 2.45) is 0 Å². The van der Waals surface area contributed by atoms with E-state index in [0.29, 0.717) is 18.3 Å². The first-order chi connectivity index (χ1) is 14.6. The largest absolute Gasteiger partial charge is 0.464 e. The summed E-state index contributed by atoms with van der Waals surface area (Å²) in [5, 5.41) is 5.86. The predicted octanol–water partition coefficient (Wildman–Crippen LogP) is 3.86. The molecule has 1 rings (SSSR count). The van der Waals surface area contributed by atoms with Crippen LogP contribution in [0.1, 0.15) is 44.6 Å². The number of nitrogens with one attached hydrogen (secondary N) is 2. The summed E-state index contributed by atoms with van der Waals surface area (Å²) in [5.74, 6) is -0.465. The van der Waals surface area contributed by atoms with Gasteiger partial charge in [-0.3, -0.25) is 4.79 Å². The second kappa shape index (κ2) is 16.4. The fraction of sp³-hybridized carbons (Fsp3) is 0.500. The molecule has 0 aliphatic rings. The van der Waals surface area contributed by atoms with E-state index in [1.807, 2.05) is 30.3 Å². The lowest BCUT2D eigenvalue weighted by Gasteiger charge is -2.13. The molecule has 8 heteroatoms. The lowest BCUT2D eigenvalue weighted by Crippen LogP contribution is -2.36. The van der Waals surface area contributed by atoms with Crippen molar-refractivity contribution in [3.8, 4) is 0 Å². The van der Waals surface area contributed by atoms with E-state index in [0.717, 1.165) is 43.2 Å².